The van der Waals surface area contributed by atoms with Gasteiger partial charge in [-0.1, -0.05) is 12.1 Å². The molecule has 1 aromatic rings. The van der Waals surface area contributed by atoms with Crippen LogP contribution in [-0.2, 0) is 4.74 Å². The van der Waals surface area contributed by atoms with Gasteiger partial charge in [0.15, 0.2) is 11.5 Å². The monoisotopic (exact) mass is 208 g/mol. The van der Waals surface area contributed by atoms with Gasteiger partial charge in [-0.15, -0.1) is 0 Å². The van der Waals surface area contributed by atoms with Crippen LogP contribution >= 0.6 is 0 Å². The Hall–Kier alpha value is -1.22. The zero-order chi connectivity index (χ0) is 10.7. The van der Waals surface area contributed by atoms with E-state index in [1.165, 1.54) is 6.42 Å². The molecule has 0 aromatic heterocycles. The molecule has 0 bridgehead atoms. The van der Waals surface area contributed by atoms with Gasteiger partial charge in [-0.05, 0) is 25.3 Å². The van der Waals surface area contributed by atoms with E-state index in [4.69, 9.17) is 9.47 Å². The van der Waals surface area contributed by atoms with Crippen molar-refractivity contribution in [2.24, 2.45) is 0 Å². The number of ether oxygens (including phenoxy) is 2. The van der Waals surface area contributed by atoms with Gasteiger partial charge in [-0.3, -0.25) is 0 Å². The normalized spacial score (nSPS) is 21.3. The largest absolute Gasteiger partial charge is 0.504 e. The molecule has 1 heterocycles. The maximum Gasteiger partial charge on any atom is 0.166 e. The highest BCUT2D eigenvalue weighted by Crippen LogP contribution is 2.38. The number of rotatable bonds is 2. The third-order valence-corrected chi connectivity index (χ3v) is 2.76. The highest BCUT2D eigenvalue weighted by atomic mass is 16.5. The van der Waals surface area contributed by atoms with Crippen LogP contribution in [0.5, 0.6) is 11.5 Å². The summed E-state index contributed by atoms with van der Waals surface area (Å²) in [7, 11) is 1.57. The zero-order valence-electron chi connectivity index (χ0n) is 8.90. The van der Waals surface area contributed by atoms with E-state index in [2.05, 4.69) is 0 Å². The van der Waals surface area contributed by atoms with E-state index in [1.54, 1.807) is 13.2 Å². The first-order chi connectivity index (χ1) is 7.33. The van der Waals surface area contributed by atoms with Gasteiger partial charge in [0.05, 0.1) is 13.2 Å². The van der Waals surface area contributed by atoms with E-state index in [0.29, 0.717) is 5.75 Å². The predicted molar refractivity (Wildman–Crippen MR) is 57.2 cm³/mol. The summed E-state index contributed by atoms with van der Waals surface area (Å²) < 4.78 is 10.9. The smallest absolute Gasteiger partial charge is 0.166 e. The van der Waals surface area contributed by atoms with Crippen LogP contribution < -0.4 is 4.74 Å². The van der Waals surface area contributed by atoms with E-state index < -0.39 is 0 Å². The summed E-state index contributed by atoms with van der Waals surface area (Å²) in [6.07, 6.45) is 3.36. The molecular weight excluding hydrogens is 192 g/mol. The Morgan fingerprint density at radius 3 is 2.93 bits per heavy atom. The summed E-state index contributed by atoms with van der Waals surface area (Å²) in [4.78, 5) is 0. The Balaban J connectivity index is 2.29. The molecule has 1 saturated heterocycles. The van der Waals surface area contributed by atoms with Crippen LogP contribution in [0.25, 0.3) is 0 Å². The lowest BCUT2D eigenvalue weighted by Crippen LogP contribution is -2.12. The van der Waals surface area contributed by atoms with Crippen molar-refractivity contribution in [3.8, 4) is 11.5 Å². The maximum atomic E-state index is 9.64. The molecule has 1 aliphatic rings. The third-order valence-electron chi connectivity index (χ3n) is 2.76. The van der Waals surface area contributed by atoms with Crippen LogP contribution in [0.3, 0.4) is 0 Å². The van der Waals surface area contributed by atoms with Crippen LogP contribution in [0.2, 0.25) is 0 Å². The third kappa shape index (κ3) is 2.07. The number of para-hydroxylation sites is 1. The SMILES string of the molecule is COc1c(O)cccc1C1CCCCO1. The van der Waals surface area contributed by atoms with Crippen LogP contribution in [-0.4, -0.2) is 18.8 Å². The zero-order valence-corrected chi connectivity index (χ0v) is 8.90. The first-order valence-electron chi connectivity index (χ1n) is 5.30. The molecule has 2 rings (SSSR count). The van der Waals surface area contributed by atoms with Crippen molar-refractivity contribution in [2.45, 2.75) is 25.4 Å². The molecule has 1 atom stereocenters. The molecule has 1 unspecified atom stereocenters. The van der Waals surface area contributed by atoms with E-state index in [-0.39, 0.29) is 11.9 Å². The minimum absolute atomic E-state index is 0.0702. The lowest BCUT2D eigenvalue weighted by Gasteiger charge is -2.24. The average molecular weight is 208 g/mol. The van der Waals surface area contributed by atoms with E-state index in [1.807, 2.05) is 12.1 Å². The second-order valence-electron chi connectivity index (χ2n) is 3.75. The summed E-state index contributed by atoms with van der Waals surface area (Å²) in [6, 6.07) is 5.41. The molecule has 1 N–H and O–H groups in total. The lowest BCUT2D eigenvalue weighted by molar-refractivity contribution is 0.0134. The van der Waals surface area contributed by atoms with Crippen molar-refractivity contribution in [3.63, 3.8) is 0 Å². The number of phenols is 1. The molecule has 1 aromatic carbocycles. The summed E-state index contributed by atoms with van der Waals surface area (Å²) in [5.74, 6) is 0.730. The Labute approximate surface area is 89.6 Å². The van der Waals surface area contributed by atoms with Gasteiger partial charge >= 0.3 is 0 Å². The molecule has 0 saturated carbocycles. The fourth-order valence-electron chi connectivity index (χ4n) is 2.00. The number of phenolic OH excluding ortho intramolecular Hbond substituents is 1. The molecule has 0 aliphatic carbocycles. The molecule has 3 nitrogen and oxygen atoms in total. The van der Waals surface area contributed by atoms with Gasteiger partial charge in [0.25, 0.3) is 0 Å². The Kier molecular flexibility index (Phi) is 3.11. The number of aromatic hydroxyl groups is 1. The molecule has 0 amide bonds. The summed E-state index contributed by atoms with van der Waals surface area (Å²) in [5, 5.41) is 9.64. The van der Waals surface area contributed by atoms with E-state index >= 15 is 0 Å². The molecule has 15 heavy (non-hydrogen) atoms. The minimum atomic E-state index is 0.0702. The van der Waals surface area contributed by atoms with Crippen molar-refractivity contribution in [1.29, 1.82) is 0 Å². The van der Waals surface area contributed by atoms with Crippen molar-refractivity contribution in [2.75, 3.05) is 13.7 Å². The van der Waals surface area contributed by atoms with Gasteiger partial charge in [0.2, 0.25) is 0 Å². The molecule has 3 heteroatoms. The van der Waals surface area contributed by atoms with Crippen molar-refractivity contribution < 1.29 is 14.6 Å². The quantitative estimate of drug-likeness (QED) is 0.812. The van der Waals surface area contributed by atoms with Crippen LogP contribution in [0, 0.1) is 0 Å². The van der Waals surface area contributed by atoms with Crippen LogP contribution in [0.4, 0.5) is 0 Å². The Bertz CT molecular complexity index is 330. The van der Waals surface area contributed by atoms with Gasteiger partial charge in [0.1, 0.15) is 0 Å². The molecule has 0 radical (unpaired) electrons. The van der Waals surface area contributed by atoms with Crippen LogP contribution in [0.1, 0.15) is 30.9 Å². The maximum absolute atomic E-state index is 9.64. The minimum Gasteiger partial charge on any atom is -0.504 e. The average Bonchev–Trinajstić information content (AvgIpc) is 2.30. The van der Waals surface area contributed by atoms with Crippen molar-refractivity contribution >= 4 is 0 Å². The fourth-order valence-corrected chi connectivity index (χ4v) is 2.00. The van der Waals surface area contributed by atoms with Crippen LogP contribution in [0.15, 0.2) is 18.2 Å². The van der Waals surface area contributed by atoms with Gasteiger partial charge in [0, 0.05) is 12.2 Å². The second kappa shape index (κ2) is 4.53. The van der Waals surface area contributed by atoms with Gasteiger partial charge < -0.3 is 14.6 Å². The number of methoxy groups -OCH3 is 1. The lowest BCUT2D eigenvalue weighted by atomic mass is 10.0. The highest BCUT2D eigenvalue weighted by molar-refractivity contribution is 5.46. The summed E-state index contributed by atoms with van der Waals surface area (Å²) in [5.41, 5.74) is 0.956. The predicted octanol–water partition coefficient (Wildman–Crippen LogP) is 2.64. The number of benzene rings is 1. The summed E-state index contributed by atoms with van der Waals surface area (Å²) >= 11 is 0. The first-order valence-corrected chi connectivity index (χ1v) is 5.30. The number of hydrogen-bond acceptors (Lipinski definition) is 3. The fraction of sp³-hybridized carbons (Fsp3) is 0.500. The summed E-state index contributed by atoms with van der Waals surface area (Å²) in [6.45, 7) is 0.795. The molecular formula is C12H16O3. The molecule has 1 aliphatic heterocycles. The Morgan fingerprint density at radius 2 is 2.27 bits per heavy atom. The van der Waals surface area contributed by atoms with E-state index in [0.717, 1.165) is 25.0 Å². The standard InChI is InChI=1S/C12H16O3/c1-14-12-9(5-4-6-10(12)13)11-7-2-3-8-15-11/h4-6,11,13H,2-3,7-8H2,1H3. The first kappa shape index (κ1) is 10.3. The van der Waals surface area contributed by atoms with Gasteiger partial charge in [-0.25, -0.2) is 0 Å². The molecule has 1 fully saturated rings. The van der Waals surface area contributed by atoms with Gasteiger partial charge in [-0.2, -0.15) is 0 Å². The molecule has 0 spiro atoms. The number of hydrogen-bond donors (Lipinski definition) is 1. The van der Waals surface area contributed by atoms with E-state index in [9.17, 15) is 5.11 Å². The van der Waals surface area contributed by atoms with Crippen molar-refractivity contribution in [1.82, 2.24) is 0 Å². The van der Waals surface area contributed by atoms with Crippen molar-refractivity contribution in [3.05, 3.63) is 23.8 Å². The second-order valence-corrected chi connectivity index (χ2v) is 3.75. The highest BCUT2D eigenvalue weighted by Gasteiger charge is 2.21. The Morgan fingerprint density at radius 1 is 1.40 bits per heavy atom. The topological polar surface area (TPSA) is 38.7 Å². The molecule has 82 valence electrons.